The molecular weight excluding hydrogens is 415 g/mol. The number of amides is 1. The van der Waals surface area contributed by atoms with Gasteiger partial charge in [-0.05, 0) is 19.1 Å². The van der Waals surface area contributed by atoms with Crippen LogP contribution in [0.15, 0.2) is 40.1 Å². The van der Waals surface area contributed by atoms with Crippen LogP contribution in [0.5, 0.6) is 0 Å². The highest BCUT2D eigenvalue weighted by Crippen LogP contribution is 2.18. The molecule has 0 bridgehead atoms. The number of halogens is 2. The summed E-state index contributed by atoms with van der Waals surface area (Å²) in [6.07, 6.45) is 3.51. The lowest BCUT2D eigenvalue weighted by Crippen LogP contribution is -2.55. The molecule has 3 rings (SSSR count). The van der Waals surface area contributed by atoms with Gasteiger partial charge in [0, 0.05) is 42.9 Å². The summed E-state index contributed by atoms with van der Waals surface area (Å²) in [6.45, 7) is 4.22. The predicted octanol–water partition coefficient (Wildman–Crippen LogP) is 2.14. The molecule has 1 aliphatic rings. The monoisotopic (exact) mass is 436 g/mol. The lowest BCUT2D eigenvalue weighted by Gasteiger charge is -2.35. The Morgan fingerprint density at radius 3 is 2.85 bits per heavy atom. The fourth-order valence-corrected chi connectivity index (χ4v) is 3.24. The first kappa shape index (κ1) is 19.3. The summed E-state index contributed by atoms with van der Waals surface area (Å²) in [4.78, 5) is 20.7. The van der Waals surface area contributed by atoms with Crippen molar-refractivity contribution >= 4 is 33.5 Å². The Bertz CT molecular complexity index is 852. The molecule has 9 heteroatoms. The molecule has 1 aromatic carbocycles. The summed E-state index contributed by atoms with van der Waals surface area (Å²) < 4.78 is 16.4. The Balaban J connectivity index is 1.71. The molecule has 7 nitrogen and oxygen atoms in total. The van der Waals surface area contributed by atoms with Gasteiger partial charge in [-0.15, -0.1) is 0 Å². The maximum absolute atomic E-state index is 14.0. The number of carbonyl (C=O) groups is 1. The molecule has 1 aromatic heterocycles. The smallest absolute Gasteiger partial charge is 0.246 e. The minimum Gasteiger partial charge on any atom is -0.356 e. The number of nitrogens with one attached hydrogen (secondary N) is 1. The van der Waals surface area contributed by atoms with E-state index in [4.69, 9.17) is 0 Å². The van der Waals surface area contributed by atoms with Crippen LogP contribution in [0, 0.1) is 5.82 Å². The Morgan fingerprint density at radius 1 is 1.41 bits per heavy atom. The van der Waals surface area contributed by atoms with E-state index in [-0.39, 0.29) is 24.8 Å². The molecule has 1 fully saturated rings. The van der Waals surface area contributed by atoms with Gasteiger partial charge in [-0.3, -0.25) is 9.48 Å². The van der Waals surface area contributed by atoms with Gasteiger partial charge in [0.15, 0.2) is 5.96 Å². The Morgan fingerprint density at radius 2 is 2.22 bits per heavy atom. The third-order valence-electron chi connectivity index (χ3n) is 4.27. The number of guanidine groups is 1. The number of anilines is 1. The number of benzene rings is 1. The second-order valence-corrected chi connectivity index (χ2v) is 7.16. The zero-order chi connectivity index (χ0) is 19.4. The van der Waals surface area contributed by atoms with E-state index in [0.29, 0.717) is 35.6 Å². The van der Waals surface area contributed by atoms with Crippen molar-refractivity contribution in [1.82, 2.24) is 20.0 Å². The van der Waals surface area contributed by atoms with Crippen LogP contribution in [0.3, 0.4) is 0 Å². The van der Waals surface area contributed by atoms with Crippen molar-refractivity contribution in [3.8, 4) is 0 Å². The van der Waals surface area contributed by atoms with E-state index in [0.717, 1.165) is 5.69 Å². The summed E-state index contributed by atoms with van der Waals surface area (Å²) in [5.74, 6) is 0.287. The molecule has 0 unspecified atom stereocenters. The average Bonchev–Trinajstić information content (AvgIpc) is 3.06. The van der Waals surface area contributed by atoms with Gasteiger partial charge >= 0.3 is 0 Å². The topological polar surface area (TPSA) is 65.8 Å². The van der Waals surface area contributed by atoms with Crippen LogP contribution in [-0.4, -0.2) is 52.7 Å². The van der Waals surface area contributed by atoms with Crippen LogP contribution in [0.4, 0.5) is 10.1 Å². The minimum absolute atomic E-state index is 0.0188. The molecule has 0 aliphatic carbocycles. The van der Waals surface area contributed by atoms with Crippen LogP contribution < -0.4 is 10.2 Å². The number of aromatic nitrogens is 2. The van der Waals surface area contributed by atoms with Crippen LogP contribution >= 0.6 is 15.9 Å². The van der Waals surface area contributed by atoms with Gasteiger partial charge in [0.05, 0.1) is 18.4 Å². The number of hydrogen-bond donors (Lipinski definition) is 1. The third-order valence-corrected chi connectivity index (χ3v) is 4.77. The number of nitrogens with zero attached hydrogens (tertiary/aromatic N) is 5. The summed E-state index contributed by atoms with van der Waals surface area (Å²) >= 11 is 3.25. The summed E-state index contributed by atoms with van der Waals surface area (Å²) in [6, 6.07) is 4.92. The van der Waals surface area contributed by atoms with E-state index in [9.17, 15) is 9.18 Å². The first-order valence-electron chi connectivity index (χ1n) is 8.74. The van der Waals surface area contributed by atoms with Gasteiger partial charge in [0.1, 0.15) is 12.4 Å². The Kier molecular flexibility index (Phi) is 6.10. The normalized spacial score (nSPS) is 15.4. The summed E-state index contributed by atoms with van der Waals surface area (Å²) in [7, 11) is 1.82. The van der Waals surface area contributed by atoms with Gasteiger partial charge in [-0.2, -0.15) is 5.10 Å². The van der Waals surface area contributed by atoms with E-state index >= 15 is 0 Å². The molecule has 1 saturated heterocycles. The predicted molar refractivity (Wildman–Crippen MR) is 106 cm³/mol. The van der Waals surface area contributed by atoms with Crippen molar-refractivity contribution in [1.29, 1.82) is 0 Å². The first-order chi connectivity index (χ1) is 13.0. The van der Waals surface area contributed by atoms with Crippen LogP contribution in [-0.2, 0) is 18.4 Å². The zero-order valence-corrected chi connectivity index (χ0v) is 16.9. The minimum atomic E-state index is -0.304. The van der Waals surface area contributed by atoms with Crippen LogP contribution in [0.2, 0.25) is 0 Å². The molecule has 0 spiro atoms. The third kappa shape index (κ3) is 4.65. The molecule has 2 heterocycles. The molecule has 144 valence electrons. The van der Waals surface area contributed by atoms with E-state index in [1.807, 2.05) is 25.1 Å². The quantitative estimate of drug-likeness (QED) is 0.588. The van der Waals surface area contributed by atoms with Gasteiger partial charge in [-0.1, -0.05) is 22.0 Å². The van der Waals surface area contributed by atoms with Gasteiger partial charge in [-0.25, -0.2) is 9.38 Å². The fourth-order valence-electron chi connectivity index (χ4n) is 2.91. The molecule has 0 saturated carbocycles. The molecule has 1 N–H and O–H groups in total. The lowest BCUT2D eigenvalue weighted by atomic mass is 10.2. The summed E-state index contributed by atoms with van der Waals surface area (Å²) in [5.41, 5.74) is 1.30. The highest BCUT2D eigenvalue weighted by molar-refractivity contribution is 9.10. The molecule has 2 aromatic rings. The second-order valence-electron chi connectivity index (χ2n) is 6.25. The Labute approximate surface area is 166 Å². The number of carbonyl (C=O) groups excluding carboxylic acids is 1. The van der Waals surface area contributed by atoms with E-state index in [2.05, 4.69) is 31.3 Å². The standard InChI is InChI=1S/C18H22BrFN6O/c1-3-21-18(22-9-13-4-5-14(19)8-16(13)20)25-6-7-26(17(27)12-25)15-10-23-24(2)11-15/h4-5,8,10-11H,3,6-7,9,12H2,1-2H3,(H,21,22). The van der Waals surface area contributed by atoms with Crippen LogP contribution in [0.1, 0.15) is 12.5 Å². The first-order valence-corrected chi connectivity index (χ1v) is 9.53. The highest BCUT2D eigenvalue weighted by atomic mass is 79.9. The van der Waals surface area contributed by atoms with E-state index < -0.39 is 0 Å². The number of piperazine rings is 1. The van der Waals surface area contributed by atoms with Crippen molar-refractivity contribution in [2.45, 2.75) is 13.5 Å². The fraction of sp³-hybridized carbons (Fsp3) is 0.389. The average molecular weight is 437 g/mol. The van der Waals surface area contributed by atoms with Gasteiger partial charge in [0.2, 0.25) is 5.91 Å². The largest absolute Gasteiger partial charge is 0.356 e. The highest BCUT2D eigenvalue weighted by Gasteiger charge is 2.27. The maximum Gasteiger partial charge on any atom is 0.246 e. The lowest BCUT2D eigenvalue weighted by molar-refractivity contribution is -0.120. The zero-order valence-electron chi connectivity index (χ0n) is 15.3. The van der Waals surface area contributed by atoms with Crippen molar-refractivity contribution < 1.29 is 9.18 Å². The number of rotatable bonds is 4. The van der Waals surface area contributed by atoms with Crippen molar-refractivity contribution in [3.05, 3.63) is 46.4 Å². The molecule has 27 heavy (non-hydrogen) atoms. The number of hydrogen-bond acceptors (Lipinski definition) is 3. The van der Waals surface area contributed by atoms with Crippen molar-refractivity contribution in [3.63, 3.8) is 0 Å². The van der Waals surface area contributed by atoms with Crippen LogP contribution in [0.25, 0.3) is 0 Å². The van der Waals surface area contributed by atoms with E-state index in [1.165, 1.54) is 6.07 Å². The molecular formula is C18H22BrFN6O. The van der Waals surface area contributed by atoms with Crippen molar-refractivity contribution in [2.75, 3.05) is 31.1 Å². The number of aliphatic imine (C=N–C) groups is 1. The van der Waals surface area contributed by atoms with Gasteiger partial charge < -0.3 is 15.1 Å². The number of aryl methyl sites for hydroxylation is 1. The summed E-state index contributed by atoms with van der Waals surface area (Å²) in [5, 5.41) is 7.31. The van der Waals surface area contributed by atoms with E-state index in [1.54, 1.807) is 27.9 Å². The molecule has 1 aliphatic heterocycles. The Hall–Kier alpha value is -2.42. The molecule has 1 amide bonds. The molecule has 0 radical (unpaired) electrons. The van der Waals surface area contributed by atoms with Crippen molar-refractivity contribution in [2.24, 2.45) is 12.0 Å². The molecule has 0 atom stereocenters. The van der Waals surface area contributed by atoms with Gasteiger partial charge in [0.25, 0.3) is 0 Å². The second kappa shape index (κ2) is 8.51. The maximum atomic E-state index is 14.0. The SMILES string of the molecule is CCNC(=NCc1ccc(Br)cc1F)N1CCN(c2cnn(C)c2)C(=O)C1.